The van der Waals surface area contributed by atoms with Crippen molar-refractivity contribution in [3.05, 3.63) is 46.1 Å². The predicted molar refractivity (Wildman–Crippen MR) is 100 cm³/mol. The molecule has 0 spiro atoms. The number of hydrogen-bond donors (Lipinski definition) is 0. The molecule has 2 heterocycles. The van der Waals surface area contributed by atoms with Gasteiger partial charge in [0.2, 0.25) is 0 Å². The van der Waals surface area contributed by atoms with Gasteiger partial charge in [0, 0.05) is 36.0 Å². The average Bonchev–Trinajstić information content (AvgIpc) is 2.63. The van der Waals surface area contributed by atoms with E-state index in [2.05, 4.69) is 37.6 Å². The number of non-ortho nitro benzene ring substituents is 1. The van der Waals surface area contributed by atoms with Crippen molar-refractivity contribution in [3.63, 3.8) is 0 Å². The first-order valence-electron chi connectivity index (χ1n) is 8.82. The summed E-state index contributed by atoms with van der Waals surface area (Å²) in [5, 5.41) is 10.9. The van der Waals surface area contributed by atoms with Crippen molar-refractivity contribution in [1.29, 1.82) is 0 Å². The van der Waals surface area contributed by atoms with Gasteiger partial charge in [-0.2, -0.15) is 0 Å². The molecule has 0 radical (unpaired) electrons. The predicted octanol–water partition coefficient (Wildman–Crippen LogP) is 3.62. The first-order chi connectivity index (χ1) is 12.3. The number of anilines is 1. The summed E-state index contributed by atoms with van der Waals surface area (Å²) >= 11 is 0. The lowest BCUT2D eigenvalue weighted by molar-refractivity contribution is -0.384. The van der Waals surface area contributed by atoms with Crippen LogP contribution in [0.2, 0.25) is 0 Å². The maximum absolute atomic E-state index is 10.9. The third-order valence-electron chi connectivity index (χ3n) is 4.56. The number of nitro groups is 1. The Kier molecular flexibility index (Phi) is 4.91. The van der Waals surface area contributed by atoms with Crippen molar-refractivity contribution >= 4 is 11.5 Å². The standard InChI is InChI=1S/C19H24N4O3/c1-5-15-10-17(22-12-19(3,4)26-11-13(22)2)21-18(20-15)14-6-8-16(9-7-14)23(24)25/h6-10,13H,5,11-12H2,1-4H3/t13-/m0/s1. The number of aryl methyl sites for hydroxylation is 1. The molecular formula is C19H24N4O3. The summed E-state index contributed by atoms with van der Waals surface area (Å²) < 4.78 is 5.89. The number of ether oxygens (including phenoxy) is 1. The van der Waals surface area contributed by atoms with Crippen LogP contribution in [0.4, 0.5) is 11.5 Å². The monoisotopic (exact) mass is 356 g/mol. The summed E-state index contributed by atoms with van der Waals surface area (Å²) in [6.45, 7) is 9.71. The van der Waals surface area contributed by atoms with Crippen LogP contribution in [0.15, 0.2) is 30.3 Å². The Labute approximate surface area is 153 Å². The Morgan fingerprint density at radius 2 is 2.00 bits per heavy atom. The van der Waals surface area contributed by atoms with Crippen LogP contribution < -0.4 is 4.90 Å². The molecule has 0 aliphatic carbocycles. The minimum absolute atomic E-state index is 0.0594. The summed E-state index contributed by atoms with van der Waals surface area (Å²) in [5.74, 6) is 1.46. The Bertz CT molecular complexity index is 805. The van der Waals surface area contributed by atoms with Gasteiger partial charge in [-0.3, -0.25) is 10.1 Å². The summed E-state index contributed by atoms with van der Waals surface area (Å²) in [7, 11) is 0. The first-order valence-corrected chi connectivity index (χ1v) is 8.82. The van der Waals surface area contributed by atoms with Crippen LogP contribution in [0.25, 0.3) is 11.4 Å². The largest absolute Gasteiger partial charge is 0.372 e. The van der Waals surface area contributed by atoms with Crippen LogP contribution in [0.3, 0.4) is 0 Å². The number of nitrogens with zero attached hydrogens (tertiary/aromatic N) is 4. The quantitative estimate of drug-likeness (QED) is 0.615. The summed E-state index contributed by atoms with van der Waals surface area (Å²) in [5.41, 5.74) is 1.54. The molecule has 7 nitrogen and oxygen atoms in total. The summed E-state index contributed by atoms with van der Waals surface area (Å²) in [6.07, 6.45) is 0.789. The zero-order valence-corrected chi connectivity index (χ0v) is 15.6. The second kappa shape index (κ2) is 6.99. The Hall–Kier alpha value is -2.54. The number of rotatable bonds is 4. The first kappa shape index (κ1) is 18.3. The van der Waals surface area contributed by atoms with Gasteiger partial charge in [-0.1, -0.05) is 6.92 Å². The smallest absolute Gasteiger partial charge is 0.269 e. The molecule has 0 bridgehead atoms. The minimum atomic E-state index is -0.407. The van der Waals surface area contributed by atoms with Gasteiger partial charge in [0.25, 0.3) is 5.69 Å². The Balaban J connectivity index is 2.00. The van der Waals surface area contributed by atoms with Crippen LogP contribution in [0.5, 0.6) is 0 Å². The summed E-state index contributed by atoms with van der Waals surface area (Å²) in [6, 6.07) is 8.60. The fourth-order valence-corrected chi connectivity index (χ4v) is 3.03. The number of hydrogen-bond acceptors (Lipinski definition) is 6. The van der Waals surface area contributed by atoms with Crippen molar-refractivity contribution in [2.75, 3.05) is 18.1 Å². The third-order valence-corrected chi connectivity index (χ3v) is 4.56. The van der Waals surface area contributed by atoms with E-state index in [9.17, 15) is 10.1 Å². The molecular weight excluding hydrogens is 332 g/mol. The minimum Gasteiger partial charge on any atom is -0.372 e. The molecule has 0 unspecified atom stereocenters. The van der Waals surface area contributed by atoms with Gasteiger partial charge in [-0.15, -0.1) is 0 Å². The number of benzene rings is 1. The normalized spacial score (nSPS) is 19.4. The van der Waals surface area contributed by atoms with E-state index < -0.39 is 4.92 Å². The van der Waals surface area contributed by atoms with E-state index in [1.165, 1.54) is 12.1 Å². The van der Waals surface area contributed by atoms with Gasteiger partial charge in [0.1, 0.15) is 5.82 Å². The lowest BCUT2D eigenvalue weighted by Crippen LogP contribution is -2.53. The van der Waals surface area contributed by atoms with Gasteiger partial charge < -0.3 is 9.64 Å². The van der Waals surface area contributed by atoms with Gasteiger partial charge >= 0.3 is 0 Å². The van der Waals surface area contributed by atoms with E-state index in [4.69, 9.17) is 9.72 Å². The number of morpholine rings is 1. The number of aromatic nitrogens is 2. The SMILES string of the molecule is CCc1cc(N2CC(C)(C)OC[C@@H]2C)nc(-c2ccc([N+](=O)[O-])cc2)n1. The molecule has 1 atom stereocenters. The van der Waals surface area contributed by atoms with Crippen LogP contribution in [0.1, 0.15) is 33.4 Å². The highest BCUT2D eigenvalue weighted by Crippen LogP contribution is 2.28. The van der Waals surface area contributed by atoms with Crippen molar-refractivity contribution in [1.82, 2.24) is 9.97 Å². The van der Waals surface area contributed by atoms with Crippen LogP contribution in [-0.2, 0) is 11.2 Å². The maximum Gasteiger partial charge on any atom is 0.269 e. The highest BCUT2D eigenvalue weighted by Gasteiger charge is 2.32. The zero-order chi connectivity index (χ0) is 18.9. The van der Waals surface area contributed by atoms with Gasteiger partial charge in [-0.05, 0) is 39.3 Å². The van der Waals surface area contributed by atoms with Crippen LogP contribution in [-0.4, -0.2) is 39.7 Å². The molecule has 26 heavy (non-hydrogen) atoms. The van der Waals surface area contributed by atoms with Gasteiger partial charge in [-0.25, -0.2) is 9.97 Å². The Morgan fingerprint density at radius 1 is 1.31 bits per heavy atom. The van der Waals surface area contributed by atoms with E-state index >= 15 is 0 Å². The van der Waals surface area contributed by atoms with Gasteiger partial charge in [0.15, 0.2) is 5.82 Å². The lowest BCUT2D eigenvalue weighted by atomic mass is 10.0. The van der Waals surface area contributed by atoms with E-state index in [0.717, 1.165) is 30.0 Å². The van der Waals surface area contributed by atoms with Crippen molar-refractivity contribution in [2.24, 2.45) is 0 Å². The molecule has 1 aromatic carbocycles. The fourth-order valence-electron chi connectivity index (χ4n) is 3.03. The highest BCUT2D eigenvalue weighted by atomic mass is 16.6. The number of nitro benzene ring substituents is 1. The molecule has 1 aromatic heterocycles. The van der Waals surface area contributed by atoms with Crippen molar-refractivity contribution in [2.45, 2.75) is 45.8 Å². The maximum atomic E-state index is 10.9. The van der Waals surface area contributed by atoms with E-state index in [1.807, 2.05) is 6.07 Å². The fraction of sp³-hybridized carbons (Fsp3) is 0.474. The lowest BCUT2D eigenvalue weighted by Gasteiger charge is -2.43. The molecule has 1 aliphatic heterocycles. The molecule has 0 N–H and O–H groups in total. The summed E-state index contributed by atoms with van der Waals surface area (Å²) in [4.78, 5) is 22.1. The second-order valence-corrected chi connectivity index (χ2v) is 7.25. The van der Waals surface area contributed by atoms with Gasteiger partial charge in [0.05, 0.1) is 23.2 Å². The average molecular weight is 356 g/mol. The van der Waals surface area contributed by atoms with Crippen LogP contribution in [0, 0.1) is 10.1 Å². The molecule has 2 aromatic rings. The molecule has 1 fully saturated rings. The van der Waals surface area contributed by atoms with Crippen LogP contribution >= 0.6 is 0 Å². The van der Waals surface area contributed by atoms with E-state index in [-0.39, 0.29) is 17.3 Å². The molecule has 3 rings (SSSR count). The van der Waals surface area contributed by atoms with E-state index in [0.29, 0.717) is 12.4 Å². The second-order valence-electron chi connectivity index (χ2n) is 7.25. The topological polar surface area (TPSA) is 81.4 Å². The zero-order valence-electron chi connectivity index (χ0n) is 15.6. The molecule has 0 saturated carbocycles. The molecule has 0 amide bonds. The molecule has 1 saturated heterocycles. The Morgan fingerprint density at radius 3 is 2.62 bits per heavy atom. The highest BCUT2D eigenvalue weighted by molar-refractivity contribution is 5.60. The molecule has 1 aliphatic rings. The van der Waals surface area contributed by atoms with E-state index in [1.54, 1.807) is 12.1 Å². The third kappa shape index (κ3) is 3.83. The van der Waals surface area contributed by atoms with Crippen molar-refractivity contribution in [3.8, 4) is 11.4 Å². The molecule has 7 heteroatoms. The molecule has 138 valence electrons. The van der Waals surface area contributed by atoms with Crippen molar-refractivity contribution < 1.29 is 9.66 Å².